The molecule has 1 fully saturated rings. The van der Waals surface area contributed by atoms with Crippen molar-refractivity contribution in [1.82, 2.24) is 4.90 Å². The third-order valence-corrected chi connectivity index (χ3v) is 9.78. The van der Waals surface area contributed by atoms with E-state index in [-0.39, 0.29) is 23.8 Å². The Kier molecular flexibility index (Phi) is 8.64. The van der Waals surface area contributed by atoms with Gasteiger partial charge in [0.1, 0.15) is 5.76 Å². The molecule has 14 nitrogen and oxygen atoms in total. The molecule has 2 aliphatic heterocycles. The molecule has 1 spiro atoms. The lowest BCUT2D eigenvalue weighted by molar-refractivity contribution is -0.179. The fourth-order valence-electron chi connectivity index (χ4n) is 7.58. The second-order valence-electron chi connectivity index (χ2n) is 12.4. The summed E-state index contributed by atoms with van der Waals surface area (Å²) < 4.78 is 28.1. The number of hydrogen-bond acceptors (Lipinski definition) is 12. The maximum absolute atomic E-state index is 13.1. The number of benzene rings is 2. The van der Waals surface area contributed by atoms with Crippen molar-refractivity contribution in [1.29, 1.82) is 0 Å². The van der Waals surface area contributed by atoms with Crippen LogP contribution in [-0.2, 0) is 50.0 Å². The second-order valence-corrected chi connectivity index (χ2v) is 12.4. The molecule has 0 amide bonds. The van der Waals surface area contributed by atoms with Gasteiger partial charge < -0.3 is 43.9 Å². The Morgan fingerprint density at radius 2 is 1.75 bits per heavy atom. The lowest BCUT2D eigenvalue weighted by Crippen LogP contribution is -2.74. The van der Waals surface area contributed by atoms with E-state index in [2.05, 4.69) is 4.90 Å². The topological polar surface area (TPSA) is 195 Å². The number of carbonyl (C=O) groups is 5. The van der Waals surface area contributed by atoms with E-state index in [9.17, 15) is 34.2 Å². The van der Waals surface area contributed by atoms with Crippen LogP contribution in [0.1, 0.15) is 54.9 Å². The molecule has 2 aromatic rings. The van der Waals surface area contributed by atoms with Crippen LogP contribution in [0.3, 0.4) is 0 Å². The monoisotopic (exact) mass is 665 g/mol. The zero-order chi connectivity index (χ0) is 34.4. The van der Waals surface area contributed by atoms with E-state index in [1.54, 1.807) is 24.3 Å². The molecule has 254 valence electrons. The Labute approximate surface area is 274 Å². The van der Waals surface area contributed by atoms with Crippen molar-refractivity contribution in [3.05, 3.63) is 71.0 Å². The van der Waals surface area contributed by atoms with Crippen LogP contribution in [-0.4, -0.2) is 94.6 Å². The number of nitrogens with zero attached hydrogens (tertiary/aromatic N) is 1. The Morgan fingerprint density at radius 3 is 2.44 bits per heavy atom. The highest BCUT2D eigenvalue weighted by atomic mass is 16.6. The molecule has 0 unspecified atom stereocenters. The molecule has 0 aromatic heterocycles. The number of carboxylic acids is 2. The molecular formula is C34H35NO13. The SMILES string of the molecule is COc1ccc2c3c1O[C@H]1C(OC(=O)CCC(=O)O[C@H](C(=O)O[C@@H](CC(=O)O)C(=O)O)c4ccccc4)=CC[C@@]4(O)[C@H](C2)N(C)CC[C@]314. The van der Waals surface area contributed by atoms with Gasteiger partial charge in [-0.2, -0.15) is 0 Å². The Balaban J connectivity index is 1.16. The molecule has 6 atom stereocenters. The number of carbonyl (C=O) groups excluding carboxylic acids is 3. The Bertz CT molecular complexity index is 1690. The van der Waals surface area contributed by atoms with Gasteiger partial charge in [0.25, 0.3) is 0 Å². The van der Waals surface area contributed by atoms with Crippen LogP contribution in [0, 0.1) is 0 Å². The van der Waals surface area contributed by atoms with Crippen molar-refractivity contribution in [2.45, 2.75) is 73.9 Å². The van der Waals surface area contributed by atoms with E-state index in [0.29, 0.717) is 30.9 Å². The van der Waals surface area contributed by atoms with Gasteiger partial charge in [-0.15, -0.1) is 0 Å². The van der Waals surface area contributed by atoms with Gasteiger partial charge in [0.15, 0.2) is 17.6 Å². The fourth-order valence-corrected chi connectivity index (χ4v) is 7.58. The Hall–Kier alpha value is -4.95. The van der Waals surface area contributed by atoms with Crippen molar-refractivity contribution < 1.29 is 63.0 Å². The van der Waals surface area contributed by atoms with Crippen LogP contribution in [0.2, 0.25) is 0 Å². The van der Waals surface area contributed by atoms with Crippen molar-refractivity contribution in [3.63, 3.8) is 0 Å². The molecule has 0 radical (unpaired) electrons. The van der Waals surface area contributed by atoms with Gasteiger partial charge in [0.2, 0.25) is 12.2 Å². The van der Waals surface area contributed by atoms with Crippen molar-refractivity contribution in [2.24, 2.45) is 0 Å². The maximum Gasteiger partial charge on any atom is 0.353 e. The minimum Gasteiger partial charge on any atom is -0.493 e. The largest absolute Gasteiger partial charge is 0.493 e. The van der Waals surface area contributed by atoms with Gasteiger partial charge in [0, 0.05) is 23.6 Å². The predicted molar refractivity (Wildman–Crippen MR) is 162 cm³/mol. The number of aliphatic carboxylic acids is 2. The third kappa shape index (κ3) is 5.44. The molecule has 4 aliphatic rings. The highest BCUT2D eigenvalue weighted by Crippen LogP contribution is 2.65. The average Bonchev–Trinajstić information content (AvgIpc) is 3.41. The number of aliphatic hydroxyl groups is 1. The molecule has 2 heterocycles. The number of ether oxygens (including phenoxy) is 5. The minimum atomic E-state index is -2.01. The number of piperidine rings is 1. The van der Waals surface area contributed by atoms with E-state index in [4.69, 9.17) is 28.8 Å². The molecule has 6 rings (SSSR count). The summed E-state index contributed by atoms with van der Waals surface area (Å²) in [6.45, 7) is 0.685. The summed E-state index contributed by atoms with van der Waals surface area (Å²) in [5.41, 5.74) is -0.0260. The molecule has 14 heteroatoms. The van der Waals surface area contributed by atoms with Crippen LogP contribution in [0.15, 0.2) is 54.3 Å². The summed E-state index contributed by atoms with van der Waals surface area (Å²) in [6, 6.07) is 11.2. The summed E-state index contributed by atoms with van der Waals surface area (Å²) in [6.07, 6.45) is -3.47. The molecule has 2 aromatic carbocycles. The summed E-state index contributed by atoms with van der Waals surface area (Å²) in [5.74, 6) is -5.01. The summed E-state index contributed by atoms with van der Waals surface area (Å²) in [7, 11) is 3.52. The quantitative estimate of drug-likeness (QED) is 0.220. The van der Waals surface area contributed by atoms with E-state index >= 15 is 0 Å². The number of methoxy groups -OCH3 is 1. The first-order chi connectivity index (χ1) is 22.9. The number of hydrogen-bond donors (Lipinski definition) is 3. The Morgan fingerprint density at radius 1 is 1.02 bits per heavy atom. The van der Waals surface area contributed by atoms with Gasteiger partial charge in [0.05, 0.1) is 37.4 Å². The van der Waals surface area contributed by atoms with Gasteiger partial charge in [-0.05, 0) is 44.1 Å². The number of likely N-dealkylation sites (tertiary alicyclic amines) is 1. The van der Waals surface area contributed by atoms with Crippen molar-refractivity contribution >= 4 is 29.8 Å². The van der Waals surface area contributed by atoms with Crippen LogP contribution in [0.4, 0.5) is 0 Å². The molecule has 48 heavy (non-hydrogen) atoms. The summed E-state index contributed by atoms with van der Waals surface area (Å²) >= 11 is 0. The number of esters is 3. The third-order valence-electron chi connectivity index (χ3n) is 9.78. The average molecular weight is 666 g/mol. The standard InChI is InChI=1S/C34H35NO13/c1-35-15-14-33-27-19-8-9-20(44-2)29(27)48-30(33)21(12-13-34(33,43)23(35)16-19)45-25(38)10-11-26(39)47-28(18-6-4-3-5-7-18)32(42)46-22(31(40)41)17-24(36)37/h3-9,12,22-23,28,30,43H,10-11,13-17H2,1-2H3,(H,36,37)(H,40,41)/t22-,23-,28-,30-,33-,34+/m0/s1. The smallest absolute Gasteiger partial charge is 0.353 e. The zero-order valence-electron chi connectivity index (χ0n) is 26.2. The van der Waals surface area contributed by atoms with Gasteiger partial charge >= 0.3 is 29.8 Å². The van der Waals surface area contributed by atoms with E-state index in [0.717, 1.165) is 11.1 Å². The highest BCUT2D eigenvalue weighted by Gasteiger charge is 2.72. The number of rotatable bonds is 12. The zero-order valence-corrected chi connectivity index (χ0v) is 26.2. The molecule has 3 N–H and O–H groups in total. The molecular weight excluding hydrogens is 630 g/mol. The van der Waals surface area contributed by atoms with Crippen molar-refractivity contribution in [2.75, 3.05) is 20.7 Å². The van der Waals surface area contributed by atoms with Gasteiger partial charge in [-0.3, -0.25) is 14.4 Å². The van der Waals surface area contributed by atoms with E-state index in [1.807, 2.05) is 19.2 Å². The summed E-state index contributed by atoms with van der Waals surface area (Å²) in [4.78, 5) is 63.6. The second kappa shape index (κ2) is 12.6. The van der Waals surface area contributed by atoms with Crippen LogP contribution in [0.5, 0.6) is 11.5 Å². The molecule has 0 saturated carbocycles. The first-order valence-corrected chi connectivity index (χ1v) is 15.5. The maximum atomic E-state index is 13.1. The fraction of sp³-hybridized carbons (Fsp3) is 0.441. The number of carboxylic acid groups (broad SMARTS) is 2. The number of likely N-dealkylation sites (N-methyl/N-ethyl adjacent to an activating group) is 1. The lowest BCUT2D eigenvalue weighted by atomic mass is 9.50. The van der Waals surface area contributed by atoms with Gasteiger partial charge in [-0.25, -0.2) is 9.59 Å². The highest BCUT2D eigenvalue weighted by molar-refractivity contribution is 5.86. The predicted octanol–water partition coefficient (Wildman–Crippen LogP) is 2.05. The minimum absolute atomic E-state index is 0.147. The lowest BCUT2D eigenvalue weighted by Gasteiger charge is -2.61. The molecule has 1 saturated heterocycles. The van der Waals surface area contributed by atoms with E-state index in [1.165, 1.54) is 19.2 Å². The molecule has 2 bridgehead atoms. The summed E-state index contributed by atoms with van der Waals surface area (Å²) in [5, 5.41) is 30.6. The first-order valence-electron chi connectivity index (χ1n) is 15.5. The van der Waals surface area contributed by atoms with Gasteiger partial charge in [-0.1, -0.05) is 36.4 Å². The van der Waals surface area contributed by atoms with Crippen LogP contribution >= 0.6 is 0 Å². The normalized spacial score (nSPS) is 26.1. The molecule has 2 aliphatic carbocycles. The first kappa shape index (κ1) is 33.0. The van der Waals surface area contributed by atoms with Crippen LogP contribution < -0.4 is 9.47 Å². The van der Waals surface area contributed by atoms with Crippen LogP contribution in [0.25, 0.3) is 0 Å². The van der Waals surface area contributed by atoms with E-state index < -0.39 is 78.4 Å². The van der Waals surface area contributed by atoms with Crippen molar-refractivity contribution in [3.8, 4) is 11.5 Å².